The standard InChI is InChI=1S/C13H20N2O2S/c1-17-9-10-8-15(6-5-12(10)16)11-3-4-13(18-2)14-7-11/h3-4,7,10,12,16H,5-6,8-9H2,1-2H3/t10-,12+/m1/s1. The number of hydrogen-bond donors (Lipinski definition) is 1. The molecule has 0 bridgehead atoms. The van der Waals surface area contributed by atoms with Crippen LogP contribution in [0.1, 0.15) is 6.42 Å². The first-order chi connectivity index (χ1) is 8.74. The van der Waals surface area contributed by atoms with Gasteiger partial charge in [-0.05, 0) is 24.8 Å². The van der Waals surface area contributed by atoms with Gasteiger partial charge in [0, 0.05) is 26.1 Å². The van der Waals surface area contributed by atoms with Gasteiger partial charge in [-0.3, -0.25) is 0 Å². The fraction of sp³-hybridized carbons (Fsp3) is 0.615. The number of aliphatic hydroxyl groups is 1. The number of anilines is 1. The molecule has 0 spiro atoms. The highest BCUT2D eigenvalue weighted by Crippen LogP contribution is 2.24. The van der Waals surface area contributed by atoms with E-state index in [0.717, 1.165) is 30.2 Å². The zero-order chi connectivity index (χ0) is 13.0. The molecule has 0 saturated carbocycles. The van der Waals surface area contributed by atoms with Crippen LogP contribution in [0.15, 0.2) is 23.4 Å². The second-order valence-corrected chi connectivity index (χ2v) is 5.40. The molecule has 1 aliphatic rings. The highest BCUT2D eigenvalue weighted by molar-refractivity contribution is 7.98. The van der Waals surface area contributed by atoms with Gasteiger partial charge in [0.05, 0.1) is 29.6 Å². The maximum absolute atomic E-state index is 9.92. The van der Waals surface area contributed by atoms with Gasteiger partial charge in [0.2, 0.25) is 0 Å². The summed E-state index contributed by atoms with van der Waals surface area (Å²) in [4.78, 5) is 6.66. The summed E-state index contributed by atoms with van der Waals surface area (Å²) in [7, 11) is 1.68. The van der Waals surface area contributed by atoms with Gasteiger partial charge in [-0.1, -0.05) is 0 Å². The van der Waals surface area contributed by atoms with Gasteiger partial charge in [-0.15, -0.1) is 11.8 Å². The van der Waals surface area contributed by atoms with Gasteiger partial charge in [0.25, 0.3) is 0 Å². The van der Waals surface area contributed by atoms with Gasteiger partial charge in [-0.25, -0.2) is 4.98 Å². The van der Waals surface area contributed by atoms with E-state index < -0.39 is 0 Å². The van der Waals surface area contributed by atoms with Gasteiger partial charge in [0.15, 0.2) is 0 Å². The summed E-state index contributed by atoms with van der Waals surface area (Å²) in [6, 6.07) is 4.14. The first-order valence-corrected chi connectivity index (χ1v) is 7.39. The molecule has 2 atom stereocenters. The zero-order valence-electron chi connectivity index (χ0n) is 10.9. The lowest BCUT2D eigenvalue weighted by Crippen LogP contribution is -2.45. The normalized spacial score (nSPS) is 24.3. The van der Waals surface area contributed by atoms with Crippen LogP contribution in [0, 0.1) is 5.92 Å². The molecule has 0 unspecified atom stereocenters. The van der Waals surface area contributed by atoms with Gasteiger partial charge >= 0.3 is 0 Å². The lowest BCUT2D eigenvalue weighted by Gasteiger charge is -2.37. The lowest BCUT2D eigenvalue weighted by atomic mass is 9.95. The second kappa shape index (κ2) is 6.41. The summed E-state index contributed by atoms with van der Waals surface area (Å²) in [6.07, 6.45) is 4.47. The summed E-state index contributed by atoms with van der Waals surface area (Å²) in [6.45, 7) is 2.31. The summed E-state index contributed by atoms with van der Waals surface area (Å²) >= 11 is 1.64. The molecule has 18 heavy (non-hydrogen) atoms. The maximum Gasteiger partial charge on any atom is 0.0958 e. The van der Waals surface area contributed by atoms with Gasteiger partial charge in [-0.2, -0.15) is 0 Å². The Hall–Kier alpha value is -0.780. The molecule has 1 fully saturated rings. The molecular formula is C13H20N2O2S. The summed E-state index contributed by atoms with van der Waals surface area (Å²) in [5.74, 6) is 0.184. The molecule has 0 radical (unpaired) electrons. The smallest absolute Gasteiger partial charge is 0.0958 e. The Morgan fingerprint density at radius 1 is 1.56 bits per heavy atom. The zero-order valence-corrected chi connectivity index (χ0v) is 11.7. The number of nitrogens with zero attached hydrogens (tertiary/aromatic N) is 2. The van der Waals surface area contributed by atoms with E-state index in [1.54, 1.807) is 18.9 Å². The molecule has 4 nitrogen and oxygen atoms in total. The van der Waals surface area contributed by atoms with Crippen LogP contribution in [0.3, 0.4) is 0 Å². The SMILES string of the molecule is COC[C@H]1CN(c2ccc(SC)nc2)CC[C@@H]1O. The van der Waals surface area contributed by atoms with Crippen molar-refractivity contribution in [3.05, 3.63) is 18.3 Å². The largest absolute Gasteiger partial charge is 0.393 e. The monoisotopic (exact) mass is 268 g/mol. The molecule has 100 valence electrons. The molecule has 1 aromatic heterocycles. The van der Waals surface area contributed by atoms with E-state index in [0.29, 0.717) is 6.61 Å². The average Bonchev–Trinajstić information content (AvgIpc) is 2.42. The Kier molecular flexibility index (Phi) is 4.86. The van der Waals surface area contributed by atoms with E-state index in [1.807, 2.05) is 18.5 Å². The Bertz CT molecular complexity index is 372. The Balaban J connectivity index is 2.03. The first-order valence-electron chi connectivity index (χ1n) is 6.16. The molecule has 1 aliphatic heterocycles. The van der Waals surface area contributed by atoms with Gasteiger partial charge < -0.3 is 14.7 Å². The van der Waals surface area contributed by atoms with Crippen LogP contribution in [-0.4, -0.2) is 49.3 Å². The van der Waals surface area contributed by atoms with Crippen molar-refractivity contribution in [1.82, 2.24) is 4.98 Å². The van der Waals surface area contributed by atoms with E-state index in [-0.39, 0.29) is 12.0 Å². The number of rotatable bonds is 4. The van der Waals surface area contributed by atoms with Crippen LogP contribution >= 0.6 is 11.8 Å². The van der Waals surface area contributed by atoms with E-state index in [9.17, 15) is 5.11 Å². The van der Waals surface area contributed by atoms with Crippen molar-refractivity contribution in [2.45, 2.75) is 17.6 Å². The summed E-state index contributed by atoms with van der Waals surface area (Å²) in [5, 5.41) is 11.0. The fourth-order valence-corrected chi connectivity index (χ4v) is 2.67. The fourth-order valence-electron chi connectivity index (χ4n) is 2.31. The minimum atomic E-state index is -0.250. The van der Waals surface area contributed by atoms with Crippen LogP contribution in [0.2, 0.25) is 0 Å². The molecule has 2 heterocycles. The molecule has 1 aromatic rings. The van der Waals surface area contributed by atoms with E-state index >= 15 is 0 Å². The lowest BCUT2D eigenvalue weighted by molar-refractivity contribution is 0.0359. The topological polar surface area (TPSA) is 45.6 Å². The second-order valence-electron chi connectivity index (χ2n) is 4.58. The van der Waals surface area contributed by atoms with Crippen molar-refractivity contribution in [1.29, 1.82) is 0 Å². The van der Waals surface area contributed by atoms with Crippen LogP contribution in [0.4, 0.5) is 5.69 Å². The molecular weight excluding hydrogens is 248 g/mol. The van der Waals surface area contributed by atoms with E-state index in [1.165, 1.54) is 0 Å². The number of aliphatic hydroxyl groups excluding tert-OH is 1. The number of hydrogen-bond acceptors (Lipinski definition) is 5. The Labute approximate surface area is 112 Å². The Morgan fingerprint density at radius 3 is 3.00 bits per heavy atom. The maximum atomic E-state index is 9.92. The third-order valence-electron chi connectivity index (χ3n) is 3.37. The number of methoxy groups -OCH3 is 1. The molecule has 0 amide bonds. The number of piperidine rings is 1. The molecule has 1 N–H and O–H groups in total. The number of thioether (sulfide) groups is 1. The van der Waals surface area contributed by atoms with Crippen LogP contribution < -0.4 is 4.90 Å². The van der Waals surface area contributed by atoms with Gasteiger partial charge in [0.1, 0.15) is 0 Å². The van der Waals surface area contributed by atoms with Crippen molar-refractivity contribution in [2.24, 2.45) is 5.92 Å². The molecule has 1 saturated heterocycles. The molecule has 0 aliphatic carbocycles. The number of ether oxygens (including phenoxy) is 1. The van der Waals surface area contributed by atoms with Crippen LogP contribution in [-0.2, 0) is 4.74 Å². The Morgan fingerprint density at radius 2 is 2.39 bits per heavy atom. The predicted molar refractivity (Wildman–Crippen MR) is 74.2 cm³/mol. The molecule has 2 rings (SSSR count). The van der Waals surface area contributed by atoms with Crippen molar-refractivity contribution in [3.63, 3.8) is 0 Å². The van der Waals surface area contributed by atoms with Crippen molar-refractivity contribution in [3.8, 4) is 0 Å². The van der Waals surface area contributed by atoms with E-state index in [4.69, 9.17) is 4.74 Å². The number of aromatic nitrogens is 1. The van der Waals surface area contributed by atoms with Crippen LogP contribution in [0.5, 0.6) is 0 Å². The molecule has 5 heteroatoms. The summed E-state index contributed by atoms with van der Waals surface area (Å²) < 4.78 is 5.17. The molecule has 0 aromatic carbocycles. The van der Waals surface area contributed by atoms with Crippen molar-refractivity contribution >= 4 is 17.4 Å². The first kappa shape index (κ1) is 13.6. The van der Waals surface area contributed by atoms with Crippen molar-refractivity contribution in [2.75, 3.05) is 38.0 Å². The highest BCUT2D eigenvalue weighted by atomic mass is 32.2. The predicted octanol–water partition coefficient (Wildman–Crippen LogP) is 1.64. The minimum Gasteiger partial charge on any atom is -0.393 e. The quantitative estimate of drug-likeness (QED) is 0.841. The summed E-state index contributed by atoms with van der Waals surface area (Å²) in [5.41, 5.74) is 1.13. The van der Waals surface area contributed by atoms with Crippen LogP contribution in [0.25, 0.3) is 0 Å². The van der Waals surface area contributed by atoms with Crippen molar-refractivity contribution < 1.29 is 9.84 Å². The third kappa shape index (κ3) is 3.16. The number of pyridine rings is 1. The highest BCUT2D eigenvalue weighted by Gasteiger charge is 2.27. The average molecular weight is 268 g/mol. The third-order valence-corrected chi connectivity index (χ3v) is 4.03. The van der Waals surface area contributed by atoms with E-state index in [2.05, 4.69) is 16.0 Å². The minimum absolute atomic E-state index is 0.184.